The van der Waals surface area contributed by atoms with Crippen LogP contribution in [0.2, 0.25) is 0 Å². The van der Waals surface area contributed by atoms with Gasteiger partial charge in [-0.3, -0.25) is 14.5 Å². The quantitative estimate of drug-likeness (QED) is 0.647. The molecule has 2 heterocycles. The van der Waals surface area contributed by atoms with Crippen LogP contribution in [0.1, 0.15) is 44.2 Å². The van der Waals surface area contributed by atoms with E-state index in [2.05, 4.69) is 24.5 Å². The molecule has 2 atom stereocenters. The minimum Gasteiger partial charge on any atom is -0.454 e. The average molecular weight is 437 g/mol. The van der Waals surface area contributed by atoms with Crippen LogP contribution in [0, 0.1) is 0 Å². The number of benzene rings is 2. The topological polar surface area (TPSA) is 97.0 Å². The van der Waals surface area contributed by atoms with E-state index in [0.29, 0.717) is 23.1 Å². The standard InChI is InChI=1S/C24H27N3O5/c1-4-15(2)17-6-8-18(9-7-17)25-21(28)13-27-22(29)24(3,26-23(27)30)12-16-5-10-19-20(11-16)32-14-31-19/h5-11,15H,4,12-14H2,1-3H3,(H,25,28)(H,26,30)/t15-,24+/m1/s1. The van der Waals surface area contributed by atoms with Gasteiger partial charge in [-0.25, -0.2) is 4.79 Å². The van der Waals surface area contributed by atoms with Crippen molar-refractivity contribution in [3.63, 3.8) is 0 Å². The van der Waals surface area contributed by atoms with Crippen LogP contribution < -0.4 is 20.1 Å². The highest BCUT2D eigenvalue weighted by molar-refractivity contribution is 6.10. The highest BCUT2D eigenvalue weighted by Crippen LogP contribution is 2.34. The molecule has 0 saturated carbocycles. The summed E-state index contributed by atoms with van der Waals surface area (Å²) < 4.78 is 10.7. The van der Waals surface area contributed by atoms with E-state index in [4.69, 9.17) is 9.47 Å². The summed E-state index contributed by atoms with van der Waals surface area (Å²) in [4.78, 5) is 39.0. The van der Waals surface area contributed by atoms with Crippen molar-refractivity contribution in [1.82, 2.24) is 10.2 Å². The number of hydrogen-bond acceptors (Lipinski definition) is 5. The fourth-order valence-corrected chi connectivity index (χ4v) is 3.94. The van der Waals surface area contributed by atoms with Gasteiger partial charge in [0.15, 0.2) is 11.5 Å². The molecule has 2 aromatic rings. The molecule has 2 aromatic carbocycles. The fourth-order valence-electron chi connectivity index (χ4n) is 3.94. The maximum absolute atomic E-state index is 13.0. The van der Waals surface area contributed by atoms with Gasteiger partial charge in [-0.1, -0.05) is 32.0 Å². The Balaban J connectivity index is 1.39. The molecule has 8 nitrogen and oxygen atoms in total. The molecule has 0 bridgehead atoms. The number of anilines is 1. The molecule has 0 aromatic heterocycles. The summed E-state index contributed by atoms with van der Waals surface area (Å²) >= 11 is 0. The lowest BCUT2D eigenvalue weighted by Gasteiger charge is -2.22. The molecular formula is C24H27N3O5. The predicted octanol–water partition coefficient (Wildman–Crippen LogP) is 3.42. The molecule has 0 spiro atoms. The van der Waals surface area contributed by atoms with Crippen LogP contribution in [-0.4, -0.2) is 41.6 Å². The van der Waals surface area contributed by atoms with Crippen LogP contribution in [0.15, 0.2) is 42.5 Å². The van der Waals surface area contributed by atoms with Gasteiger partial charge < -0.3 is 20.1 Å². The number of urea groups is 1. The normalized spacial score (nSPS) is 20.3. The maximum atomic E-state index is 13.0. The van der Waals surface area contributed by atoms with E-state index in [1.165, 1.54) is 5.56 Å². The second-order valence-electron chi connectivity index (χ2n) is 8.50. The van der Waals surface area contributed by atoms with Gasteiger partial charge in [0.2, 0.25) is 12.7 Å². The van der Waals surface area contributed by atoms with E-state index in [-0.39, 0.29) is 19.8 Å². The molecule has 0 radical (unpaired) electrons. The maximum Gasteiger partial charge on any atom is 0.325 e. The van der Waals surface area contributed by atoms with E-state index in [0.717, 1.165) is 16.9 Å². The number of fused-ring (bicyclic) bond motifs is 1. The van der Waals surface area contributed by atoms with E-state index in [1.54, 1.807) is 19.1 Å². The molecule has 2 aliphatic rings. The number of rotatable bonds is 7. The molecule has 2 N–H and O–H groups in total. The first kappa shape index (κ1) is 21.7. The van der Waals surface area contributed by atoms with E-state index in [1.807, 2.05) is 30.3 Å². The van der Waals surface area contributed by atoms with Crippen molar-refractivity contribution < 1.29 is 23.9 Å². The summed E-state index contributed by atoms with van der Waals surface area (Å²) in [5.74, 6) is 0.822. The predicted molar refractivity (Wildman–Crippen MR) is 119 cm³/mol. The van der Waals surface area contributed by atoms with Crippen molar-refractivity contribution in [2.45, 2.75) is 45.1 Å². The summed E-state index contributed by atoms with van der Waals surface area (Å²) in [5.41, 5.74) is 1.48. The van der Waals surface area contributed by atoms with Crippen molar-refractivity contribution in [1.29, 1.82) is 0 Å². The van der Waals surface area contributed by atoms with E-state index >= 15 is 0 Å². The van der Waals surface area contributed by atoms with Crippen LogP contribution in [0.5, 0.6) is 11.5 Å². The third-order valence-electron chi connectivity index (χ3n) is 6.02. The van der Waals surface area contributed by atoms with Crippen LogP contribution in [0.25, 0.3) is 0 Å². The zero-order valence-corrected chi connectivity index (χ0v) is 18.4. The minimum atomic E-state index is -1.15. The number of imide groups is 1. The second-order valence-corrected chi connectivity index (χ2v) is 8.50. The van der Waals surface area contributed by atoms with Crippen LogP contribution in [-0.2, 0) is 16.0 Å². The smallest absolute Gasteiger partial charge is 0.325 e. The summed E-state index contributed by atoms with van der Waals surface area (Å²) in [5, 5.41) is 5.48. The number of carbonyl (C=O) groups is 3. The lowest BCUT2D eigenvalue weighted by atomic mass is 9.92. The highest BCUT2D eigenvalue weighted by atomic mass is 16.7. The first-order chi connectivity index (χ1) is 15.3. The van der Waals surface area contributed by atoms with Crippen molar-refractivity contribution in [3.05, 3.63) is 53.6 Å². The van der Waals surface area contributed by atoms with Crippen molar-refractivity contribution in [3.8, 4) is 11.5 Å². The van der Waals surface area contributed by atoms with E-state index in [9.17, 15) is 14.4 Å². The molecular weight excluding hydrogens is 410 g/mol. The molecule has 1 fully saturated rings. The van der Waals surface area contributed by atoms with Gasteiger partial charge in [0.25, 0.3) is 5.91 Å². The van der Waals surface area contributed by atoms with Gasteiger partial charge in [-0.2, -0.15) is 0 Å². The summed E-state index contributed by atoms with van der Waals surface area (Å²) in [6.45, 7) is 5.73. The van der Waals surface area contributed by atoms with Gasteiger partial charge in [0.05, 0.1) is 0 Å². The van der Waals surface area contributed by atoms with Crippen LogP contribution >= 0.6 is 0 Å². The van der Waals surface area contributed by atoms with Crippen LogP contribution in [0.4, 0.5) is 10.5 Å². The Kier molecular flexibility index (Phi) is 5.78. The molecule has 0 aliphatic carbocycles. The Hall–Kier alpha value is -3.55. The average Bonchev–Trinajstić information content (AvgIpc) is 3.31. The SMILES string of the molecule is CC[C@@H](C)c1ccc(NC(=O)CN2C(=O)N[C@@](C)(Cc3ccc4c(c3)OCO4)C2=O)cc1. The Bertz CT molecular complexity index is 1050. The number of amides is 4. The second kappa shape index (κ2) is 8.53. The molecule has 0 unspecified atom stereocenters. The molecule has 8 heteroatoms. The number of carbonyl (C=O) groups excluding carboxylic acids is 3. The molecule has 4 amide bonds. The largest absolute Gasteiger partial charge is 0.454 e. The number of nitrogens with one attached hydrogen (secondary N) is 2. The third kappa shape index (κ3) is 4.26. The lowest BCUT2D eigenvalue weighted by molar-refractivity contribution is -0.133. The van der Waals surface area contributed by atoms with Crippen molar-refractivity contribution in [2.75, 3.05) is 18.7 Å². The van der Waals surface area contributed by atoms with Gasteiger partial charge in [0.1, 0.15) is 12.1 Å². The van der Waals surface area contributed by atoms with E-state index < -0.39 is 23.4 Å². The molecule has 168 valence electrons. The van der Waals surface area contributed by atoms with Gasteiger partial charge in [-0.05, 0) is 54.7 Å². The fraction of sp³-hybridized carbons (Fsp3) is 0.375. The Morgan fingerprint density at radius 3 is 2.59 bits per heavy atom. The minimum absolute atomic E-state index is 0.162. The molecule has 2 aliphatic heterocycles. The first-order valence-corrected chi connectivity index (χ1v) is 10.7. The highest BCUT2D eigenvalue weighted by Gasteiger charge is 2.48. The monoisotopic (exact) mass is 437 g/mol. The summed E-state index contributed by atoms with van der Waals surface area (Å²) in [7, 11) is 0. The summed E-state index contributed by atoms with van der Waals surface area (Å²) in [6.07, 6.45) is 1.30. The third-order valence-corrected chi connectivity index (χ3v) is 6.02. The Morgan fingerprint density at radius 1 is 1.16 bits per heavy atom. The Morgan fingerprint density at radius 2 is 1.88 bits per heavy atom. The molecule has 1 saturated heterocycles. The van der Waals surface area contributed by atoms with Gasteiger partial charge >= 0.3 is 6.03 Å². The van der Waals surface area contributed by atoms with Gasteiger partial charge in [-0.15, -0.1) is 0 Å². The van der Waals surface area contributed by atoms with Gasteiger partial charge in [0, 0.05) is 12.1 Å². The van der Waals surface area contributed by atoms with Crippen molar-refractivity contribution >= 4 is 23.5 Å². The lowest BCUT2D eigenvalue weighted by Crippen LogP contribution is -2.46. The van der Waals surface area contributed by atoms with Crippen molar-refractivity contribution in [2.24, 2.45) is 0 Å². The van der Waals surface area contributed by atoms with Crippen LogP contribution in [0.3, 0.4) is 0 Å². The number of nitrogens with zero attached hydrogens (tertiary/aromatic N) is 1. The Labute approximate surface area is 186 Å². The number of ether oxygens (including phenoxy) is 2. The zero-order valence-electron chi connectivity index (χ0n) is 18.4. The molecule has 32 heavy (non-hydrogen) atoms. The molecule has 4 rings (SSSR count). The zero-order chi connectivity index (χ0) is 22.9. The number of hydrogen-bond donors (Lipinski definition) is 2. The summed E-state index contributed by atoms with van der Waals surface area (Å²) in [6, 6.07) is 12.4. The first-order valence-electron chi connectivity index (χ1n) is 10.7.